The van der Waals surface area contributed by atoms with E-state index in [1.165, 1.54) is 0 Å². The highest BCUT2D eigenvalue weighted by Crippen LogP contribution is 2.25. The minimum Gasteiger partial charge on any atom is -0.361 e. The van der Waals surface area contributed by atoms with Crippen molar-refractivity contribution in [1.29, 1.82) is 0 Å². The number of piperazine rings is 1. The summed E-state index contributed by atoms with van der Waals surface area (Å²) in [6, 6.07) is 7.96. The molecule has 2 fully saturated rings. The molecule has 0 radical (unpaired) electrons. The van der Waals surface area contributed by atoms with Gasteiger partial charge in [0.1, 0.15) is 0 Å². The van der Waals surface area contributed by atoms with Crippen LogP contribution in [0.5, 0.6) is 0 Å². The summed E-state index contributed by atoms with van der Waals surface area (Å²) >= 11 is 0. The smallest absolute Gasteiger partial charge is 0.256 e. The fourth-order valence-corrected chi connectivity index (χ4v) is 3.48. The third kappa shape index (κ3) is 1.92. The minimum absolute atomic E-state index is 0.0575. The van der Waals surface area contributed by atoms with E-state index in [4.69, 9.17) is 0 Å². The number of carbonyl (C=O) groups is 2. The van der Waals surface area contributed by atoms with Gasteiger partial charge in [-0.3, -0.25) is 9.59 Å². The summed E-state index contributed by atoms with van der Waals surface area (Å²) in [4.78, 5) is 31.5. The second-order valence-corrected chi connectivity index (χ2v) is 5.78. The van der Waals surface area contributed by atoms with Gasteiger partial charge in [-0.05, 0) is 18.6 Å². The molecule has 2 saturated heterocycles. The van der Waals surface area contributed by atoms with Crippen LogP contribution in [0.1, 0.15) is 23.2 Å². The number of benzene rings is 1. The number of nitrogens with zero attached hydrogens (tertiary/aromatic N) is 2. The molecule has 0 bridgehead atoms. The third-order valence-electron chi connectivity index (χ3n) is 4.60. The van der Waals surface area contributed by atoms with Gasteiger partial charge in [0.15, 0.2) is 0 Å². The summed E-state index contributed by atoms with van der Waals surface area (Å²) < 4.78 is 0. The average molecular weight is 283 g/mol. The van der Waals surface area contributed by atoms with E-state index in [1.54, 1.807) is 0 Å². The molecule has 2 aliphatic rings. The van der Waals surface area contributed by atoms with Crippen LogP contribution in [0.3, 0.4) is 0 Å². The minimum atomic E-state index is 0.0575. The van der Waals surface area contributed by atoms with Crippen LogP contribution in [0.25, 0.3) is 10.9 Å². The van der Waals surface area contributed by atoms with Crippen LogP contribution < -0.4 is 0 Å². The summed E-state index contributed by atoms with van der Waals surface area (Å²) in [6.07, 6.45) is 3.35. The summed E-state index contributed by atoms with van der Waals surface area (Å²) in [6.45, 7) is 1.94. The summed E-state index contributed by atoms with van der Waals surface area (Å²) in [5.41, 5.74) is 1.61. The Kier molecular flexibility index (Phi) is 2.74. The molecule has 1 N–H and O–H groups in total. The van der Waals surface area contributed by atoms with E-state index in [0.717, 1.165) is 22.9 Å². The fraction of sp³-hybridized carbons (Fsp3) is 0.375. The third-order valence-corrected chi connectivity index (χ3v) is 4.60. The van der Waals surface area contributed by atoms with Crippen LogP contribution in [-0.2, 0) is 4.79 Å². The second kappa shape index (κ2) is 4.62. The quantitative estimate of drug-likeness (QED) is 0.864. The number of nitrogens with one attached hydrogen (secondary N) is 1. The zero-order valence-electron chi connectivity index (χ0n) is 11.7. The van der Waals surface area contributed by atoms with Gasteiger partial charge in [0.2, 0.25) is 5.91 Å². The molecule has 0 spiro atoms. The first kappa shape index (κ1) is 12.4. The molecular weight excluding hydrogens is 266 g/mol. The number of rotatable bonds is 1. The average Bonchev–Trinajstić information content (AvgIpc) is 3.13. The molecule has 4 rings (SSSR count). The van der Waals surface area contributed by atoms with Crippen molar-refractivity contribution in [3.05, 3.63) is 36.0 Å². The van der Waals surface area contributed by atoms with Crippen LogP contribution in [0, 0.1) is 0 Å². The first-order valence-electron chi connectivity index (χ1n) is 7.39. The lowest BCUT2D eigenvalue weighted by atomic mass is 10.1. The Labute approximate surface area is 122 Å². The number of amides is 2. The number of aromatic amines is 1. The topological polar surface area (TPSA) is 56.4 Å². The van der Waals surface area contributed by atoms with Crippen molar-refractivity contribution in [2.24, 2.45) is 0 Å². The van der Waals surface area contributed by atoms with E-state index in [9.17, 15) is 9.59 Å². The molecule has 0 aliphatic carbocycles. The van der Waals surface area contributed by atoms with Crippen molar-refractivity contribution >= 4 is 22.7 Å². The van der Waals surface area contributed by atoms with Crippen molar-refractivity contribution in [1.82, 2.24) is 14.8 Å². The van der Waals surface area contributed by atoms with E-state index < -0.39 is 0 Å². The Morgan fingerprint density at radius 3 is 3.05 bits per heavy atom. The molecular formula is C16H17N3O2. The molecule has 21 heavy (non-hydrogen) atoms. The maximum Gasteiger partial charge on any atom is 0.256 e. The van der Waals surface area contributed by atoms with E-state index >= 15 is 0 Å². The van der Waals surface area contributed by atoms with Crippen LogP contribution in [0.15, 0.2) is 30.5 Å². The molecule has 2 aromatic rings. The molecule has 5 nitrogen and oxygen atoms in total. The summed E-state index contributed by atoms with van der Waals surface area (Å²) in [5.74, 6) is 0.292. The van der Waals surface area contributed by atoms with Gasteiger partial charge in [-0.25, -0.2) is 0 Å². The Balaban J connectivity index is 1.61. The number of hydrogen-bond donors (Lipinski definition) is 1. The van der Waals surface area contributed by atoms with Crippen molar-refractivity contribution in [2.45, 2.75) is 18.9 Å². The molecule has 0 saturated carbocycles. The molecule has 1 unspecified atom stereocenters. The number of carbonyl (C=O) groups excluding carboxylic acids is 2. The Hall–Kier alpha value is -2.30. The number of para-hydroxylation sites is 1. The van der Waals surface area contributed by atoms with Gasteiger partial charge in [0.05, 0.1) is 11.1 Å². The van der Waals surface area contributed by atoms with Crippen molar-refractivity contribution < 1.29 is 9.59 Å². The Bertz CT molecular complexity index is 721. The lowest BCUT2D eigenvalue weighted by molar-refractivity contribution is -0.130. The van der Waals surface area contributed by atoms with E-state index in [2.05, 4.69) is 4.98 Å². The van der Waals surface area contributed by atoms with Gasteiger partial charge < -0.3 is 14.8 Å². The van der Waals surface area contributed by atoms with E-state index in [-0.39, 0.29) is 17.9 Å². The SMILES string of the molecule is O=C(c1cccc2cc[nH]c12)N1CCN2C(=O)CCC2C1. The summed E-state index contributed by atoms with van der Waals surface area (Å²) in [7, 11) is 0. The van der Waals surface area contributed by atoms with Gasteiger partial charge in [0, 0.05) is 43.7 Å². The maximum atomic E-state index is 12.8. The van der Waals surface area contributed by atoms with E-state index in [0.29, 0.717) is 26.1 Å². The fourth-order valence-electron chi connectivity index (χ4n) is 3.48. The molecule has 1 aromatic carbocycles. The van der Waals surface area contributed by atoms with Crippen LogP contribution in [0.2, 0.25) is 0 Å². The number of fused-ring (bicyclic) bond motifs is 2. The molecule has 2 amide bonds. The number of aromatic nitrogens is 1. The largest absolute Gasteiger partial charge is 0.361 e. The van der Waals surface area contributed by atoms with Gasteiger partial charge in [-0.1, -0.05) is 12.1 Å². The van der Waals surface area contributed by atoms with Crippen LogP contribution in [-0.4, -0.2) is 52.3 Å². The highest BCUT2D eigenvalue weighted by Gasteiger charge is 2.37. The molecule has 1 aromatic heterocycles. The standard InChI is InChI=1S/C16H17N3O2/c20-14-5-4-12-10-18(8-9-19(12)14)16(21)13-3-1-2-11-6-7-17-15(11)13/h1-3,6-7,12,17H,4-5,8-10H2. The highest BCUT2D eigenvalue weighted by atomic mass is 16.2. The summed E-state index contributed by atoms with van der Waals surface area (Å²) in [5, 5.41) is 1.05. The first-order valence-corrected chi connectivity index (χ1v) is 7.39. The monoisotopic (exact) mass is 283 g/mol. The van der Waals surface area contributed by atoms with Gasteiger partial charge >= 0.3 is 0 Å². The second-order valence-electron chi connectivity index (χ2n) is 5.78. The molecule has 2 aliphatic heterocycles. The zero-order chi connectivity index (χ0) is 14.4. The lowest BCUT2D eigenvalue weighted by Gasteiger charge is -2.37. The molecule has 108 valence electrons. The van der Waals surface area contributed by atoms with Crippen LogP contribution >= 0.6 is 0 Å². The van der Waals surface area contributed by atoms with Gasteiger partial charge in [-0.2, -0.15) is 0 Å². The zero-order valence-corrected chi connectivity index (χ0v) is 11.7. The van der Waals surface area contributed by atoms with Crippen molar-refractivity contribution in [2.75, 3.05) is 19.6 Å². The number of H-pyrrole nitrogens is 1. The molecule has 1 atom stereocenters. The number of hydrogen-bond acceptors (Lipinski definition) is 2. The predicted molar refractivity (Wildman–Crippen MR) is 78.9 cm³/mol. The van der Waals surface area contributed by atoms with Crippen LogP contribution in [0.4, 0.5) is 0 Å². The lowest BCUT2D eigenvalue weighted by Crippen LogP contribution is -2.53. The predicted octanol–water partition coefficient (Wildman–Crippen LogP) is 1.61. The van der Waals surface area contributed by atoms with E-state index in [1.807, 2.05) is 40.3 Å². The van der Waals surface area contributed by atoms with Gasteiger partial charge in [0.25, 0.3) is 5.91 Å². The van der Waals surface area contributed by atoms with Crippen molar-refractivity contribution in [3.8, 4) is 0 Å². The molecule has 3 heterocycles. The Morgan fingerprint density at radius 1 is 1.24 bits per heavy atom. The maximum absolute atomic E-state index is 12.8. The van der Waals surface area contributed by atoms with Gasteiger partial charge in [-0.15, -0.1) is 0 Å². The molecule has 5 heteroatoms. The normalized spacial score (nSPS) is 21.9. The highest BCUT2D eigenvalue weighted by molar-refractivity contribution is 6.05. The van der Waals surface area contributed by atoms with Crippen molar-refractivity contribution in [3.63, 3.8) is 0 Å². The Morgan fingerprint density at radius 2 is 2.14 bits per heavy atom. The first-order chi connectivity index (χ1) is 10.2.